The predicted octanol–water partition coefficient (Wildman–Crippen LogP) is 3.65. The fourth-order valence-corrected chi connectivity index (χ4v) is 3.16. The van der Waals surface area contributed by atoms with E-state index in [9.17, 15) is 4.79 Å². The Hall–Kier alpha value is -3.35. The van der Waals surface area contributed by atoms with Gasteiger partial charge in [-0.1, -0.05) is 32.0 Å². The van der Waals surface area contributed by atoms with E-state index in [0.717, 1.165) is 16.8 Å². The highest BCUT2D eigenvalue weighted by atomic mass is 16.5. The number of rotatable bonds is 7. The van der Waals surface area contributed by atoms with E-state index in [1.807, 2.05) is 37.3 Å². The molecule has 0 aliphatic rings. The molecule has 0 radical (unpaired) electrons. The average molecular weight is 394 g/mol. The summed E-state index contributed by atoms with van der Waals surface area (Å²) in [6.07, 6.45) is 0. The third-order valence-electron chi connectivity index (χ3n) is 4.69. The number of para-hydroxylation sites is 1. The third kappa shape index (κ3) is 4.39. The second-order valence-corrected chi connectivity index (χ2v) is 6.97. The summed E-state index contributed by atoms with van der Waals surface area (Å²) in [5.41, 5.74) is 2.89. The number of carbonyl (C=O) groups excluding carboxylic acids is 1. The molecular weight excluding hydrogens is 368 g/mol. The first kappa shape index (κ1) is 20.4. The fourth-order valence-electron chi connectivity index (χ4n) is 3.16. The van der Waals surface area contributed by atoms with E-state index in [-0.39, 0.29) is 18.3 Å². The lowest BCUT2D eigenvalue weighted by atomic mass is 10.0. The first-order valence-electron chi connectivity index (χ1n) is 9.46. The van der Waals surface area contributed by atoms with Gasteiger partial charge in [0.1, 0.15) is 17.3 Å². The van der Waals surface area contributed by atoms with Crippen LogP contribution < -0.4 is 14.8 Å². The topological polar surface area (TPSA) is 78.3 Å². The quantitative estimate of drug-likeness (QED) is 0.662. The molecule has 7 nitrogen and oxygen atoms in total. The van der Waals surface area contributed by atoms with E-state index in [4.69, 9.17) is 9.47 Å². The van der Waals surface area contributed by atoms with Crippen molar-refractivity contribution >= 4 is 5.91 Å². The highest BCUT2D eigenvalue weighted by Gasteiger charge is 2.18. The van der Waals surface area contributed by atoms with Crippen molar-refractivity contribution in [2.75, 3.05) is 14.2 Å². The Morgan fingerprint density at radius 1 is 1.14 bits per heavy atom. The molecule has 0 atom stereocenters. The number of ether oxygens (including phenoxy) is 2. The minimum Gasteiger partial charge on any atom is -0.497 e. The molecule has 0 fully saturated rings. The van der Waals surface area contributed by atoms with Gasteiger partial charge in [0.05, 0.1) is 19.9 Å². The molecule has 1 N–H and O–H groups in total. The van der Waals surface area contributed by atoms with Crippen LogP contribution in [0.15, 0.2) is 42.5 Å². The molecule has 0 saturated carbocycles. The number of hydrogen-bond donors (Lipinski definition) is 1. The number of nitrogens with zero attached hydrogens (tertiary/aromatic N) is 3. The van der Waals surface area contributed by atoms with Crippen molar-refractivity contribution in [3.05, 3.63) is 65.2 Å². The molecule has 0 aliphatic carbocycles. The third-order valence-corrected chi connectivity index (χ3v) is 4.69. The summed E-state index contributed by atoms with van der Waals surface area (Å²) in [4.78, 5) is 17.0. The monoisotopic (exact) mass is 394 g/mol. The number of nitrogens with one attached hydrogen (secondary N) is 1. The van der Waals surface area contributed by atoms with Gasteiger partial charge in [0.25, 0.3) is 5.91 Å². The van der Waals surface area contributed by atoms with Gasteiger partial charge in [0.15, 0.2) is 0 Å². The number of aromatic nitrogens is 3. The Kier molecular flexibility index (Phi) is 6.16. The Morgan fingerprint density at radius 3 is 2.59 bits per heavy atom. The van der Waals surface area contributed by atoms with Crippen LogP contribution in [0.1, 0.15) is 47.3 Å². The second kappa shape index (κ2) is 8.77. The molecule has 0 saturated heterocycles. The van der Waals surface area contributed by atoms with Crippen molar-refractivity contribution < 1.29 is 14.3 Å². The Bertz CT molecular complexity index is 1010. The van der Waals surface area contributed by atoms with E-state index in [1.165, 1.54) is 0 Å². The minimum atomic E-state index is -0.348. The SMILES string of the molecule is COc1ccc(OC)c(CNC(=O)c2nc(C)n(-c3ccccc3C(C)C)n2)c1. The molecule has 0 spiro atoms. The summed E-state index contributed by atoms with van der Waals surface area (Å²) in [7, 11) is 3.18. The van der Waals surface area contributed by atoms with E-state index < -0.39 is 0 Å². The lowest BCUT2D eigenvalue weighted by Crippen LogP contribution is -2.24. The molecule has 0 bridgehead atoms. The zero-order valence-electron chi connectivity index (χ0n) is 17.4. The van der Waals surface area contributed by atoms with Crippen LogP contribution in [-0.4, -0.2) is 34.9 Å². The van der Waals surface area contributed by atoms with Gasteiger partial charge in [-0.25, -0.2) is 9.67 Å². The van der Waals surface area contributed by atoms with Crippen LogP contribution in [0.4, 0.5) is 0 Å². The van der Waals surface area contributed by atoms with Crippen molar-refractivity contribution in [2.45, 2.75) is 33.2 Å². The average Bonchev–Trinajstić information content (AvgIpc) is 3.13. The molecule has 2 aromatic carbocycles. The molecular formula is C22H26N4O3. The van der Waals surface area contributed by atoms with Crippen LogP contribution >= 0.6 is 0 Å². The van der Waals surface area contributed by atoms with Crippen molar-refractivity contribution in [1.82, 2.24) is 20.1 Å². The van der Waals surface area contributed by atoms with E-state index in [0.29, 0.717) is 23.2 Å². The lowest BCUT2D eigenvalue weighted by molar-refractivity contribution is 0.0940. The van der Waals surface area contributed by atoms with Gasteiger partial charge in [0.2, 0.25) is 5.82 Å². The first-order valence-corrected chi connectivity index (χ1v) is 9.46. The van der Waals surface area contributed by atoms with Crippen LogP contribution in [0.5, 0.6) is 11.5 Å². The maximum Gasteiger partial charge on any atom is 0.291 e. The number of aryl methyl sites for hydroxylation is 1. The highest BCUT2D eigenvalue weighted by Crippen LogP contribution is 2.24. The maximum atomic E-state index is 12.7. The van der Waals surface area contributed by atoms with Crippen LogP contribution in [0.2, 0.25) is 0 Å². The number of hydrogen-bond acceptors (Lipinski definition) is 5. The van der Waals surface area contributed by atoms with Gasteiger partial charge in [-0.15, -0.1) is 5.10 Å². The molecule has 1 amide bonds. The Labute approximate surface area is 170 Å². The van der Waals surface area contributed by atoms with Crippen molar-refractivity contribution in [3.8, 4) is 17.2 Å². The Morgan fingerprint density at radius 2 is 1.90 bits per heavy atom. The lowest BCUT2D eigenvalue weighted by Gasteiger charge is -2.12. The second-order valence-electron chi connectivity index (χ2n) is 6.97. The number of carbonyl (C=O) groups is 1. The number of amides is 1. The van der Waals surface area contributed by atoms with Gasteiger partial charge in [-0.2, -0.15) is 0 Å². The van der Waals surface area contributed by atoms with Crippen molar-refractivity contribution in [1.29, 1.82) is 0 Å². The van der Waals surface area contributed by atoms with Gasteiger partial charge < -0.3 is 14.8 Å². The summed E-state index contributed by atoms with van der Waals surface area (Å²) in [6, 6.07) is 13.4. The smallest absolute Gasteiger partial charge is 0.291 e. The molecule has 1 aromatic heterocycles. The summed E-state index contributed by atoms with van der Waals surface area (Å²) in [5.74, 6) is 2.13. The zero-order valence-corrected chi connectivity index (χ0v) is 17.4. The van der Waals surface area contributed by atoms with E-state index in [1.54, 1.807) is 25.0 Å². The molecule has 1 heterocycles. The van der Waals surface area contributed by atoms with Crippen molar-refractivity contribution in [3.63, 3.8) is 0 Å². The van der Waals surface area contributed by atoms with Crippen LogP contribution in [0.3, 0.4) is 0 Å². The Balaban J connectivity index is 1.81. The summed E-state index contributed by atoms with van der Waals surface area (Å²) in [6.45, 7) is 6.36. The molecule has 7 heteroatoms. The first-order chi connectivity index (χ1) is 13.9. The molecule has 29 heavy (non-hydrogen) atoms. The zero-order chi connectivity index (χ0) is 21.0. The fraction of sp³-hybridized carbons (Fsp3) is 0.318. The predicted molar refractivity (Wildman–Crippen MR) is 111 cm³/mol. The van der Waals surface area contributed by atoms with Gasteiger partial charge in [-0.3, -0.25) is 4.79 Å². The summed E-state index contributed by atoms with van der Waals surface area (Å²) >= 11 is 0. The van der Waals surface area contributed by atoms with Crippen molar-refractivity contribution in [2.24, 2.45) is 0 Å². The molecule has 3 rings (SSSR count). The standard InChI is InChI=1S/C22H26N4O3/c1-14(2)18-8-6-7-9-19(18)26-15(3)24-21(25-26)22(27)23-13-16-12-17(28-4)10-11-20(16)29-5/h6-12,14H,13H2,1-5H3,(H,23,27). The number of benzene rings is 2. The van der Waals surface area contributed by atoms with Crippen LogP contribution in [-0.2, 0) is 6.54 Å². The van der Waals surface area contributed by atoms with Crippen LogP contribution in [0, 0.1) is 6.92 Å². The van der Waals surface area contributed by atoms with Gasteiger partial charge >= 0.3 is 0 Å². The summed E-state index contributed by atoms with van der Waals surface area (Å²) in [5, 5.41) is 7.31. The van der Waals surface area contributed by atoms with Crippen LogP contribution in [0.25, 0.3) is 5.69 Å². The maximum absolute atomic E-state index is 12.7. The van der Waals surface area contributed by atoms with Gasteiger partial charge in [-0.05, 0) is 42.7 Å². The molecule has 0 unspecified atom stereocenters. The molecule has 152 valence electrons. The minimum absolute atomic E-state index is 0.128. The summed E-state index contributed by atoms with van der Waals surface area (Å²) < 4.78 is 12.3. The van der Waals surface area contributed by atoms with E-state index in [2.05, 4.69) is 35.3 Å². The molecule has 3 aromatic rings. The van der Waals surface area contributed by atoms with E-state index >= 15 is 0 Å². The largest absolute Gasteiger partial charge is 0.497 e. The number of methoxy groups -OCH3 is 2. The normalized spacial score (nSPS) is 10.8. The molecule has 0 aliphatic heterocycles. The highest BCUT2D eigenvalue weighted by molar-refractivity contribution is 5.90. The van der Waals surface area contributed by atoms with Gasteiger partial charge in [0, 0.05) is 12.1 Å².